The maximum absolute atomic E-state index is 12.3. The Bertz CT molecular complexity index is 627. The minimum absolute atomic E-state index is 0.0776. The van der Waals surface area contributed by atoms with Crippen molar-refractivity contribution in [3.63, 3.8) is 0 Å². The Kier molecular flexibility index (Phi) is 4.88. The van der Waals surface area contributed by atoms with Crippen LogP contribution in [0.2, 0.25) is 0 Å². The molecule has 1 aromatic carbocycles. The fraction of sp³-hybridized carbons (Fsp3) is 0.294. The molecule has 1 heterocycles. The van der Waals surface area contributed by atoms with Crippen LogP contribution in [0.4, 0.5) is 0 Å². The molecule has 0 saturated heterocycles. The highest BCUT2D eigenvalue weighted by Crippen LogP contribution is 2.03. The van der Waals surface area contributed by atoms with Gasteiger partial charge in [0.1, 0.15) is 5.49 Å². The Morgan fingerprint density at radius 1 is 1.10 bits per heavy atom. The summed E-state index contributed by atoms with van der Waals surface area (Å²) in [5.74, 6) is 0.0776. The van der Waals surface area contributed by atoms with E-state index >= 15 is 0 Å². The van der Waals surface area contributed by atoms with Gasteiger partial charge < -0.3 is 0 Å². The lowest BCUT2D eigenvalue weighted by Gasteiger charge is -2.07. The number of hydrogen-bond acceptors (Lipinski definition) is 2. The molecule has 0 amide bonds. The van der Waals surface area contributed by atoms with Crippen LogP contribution in [-0.2, 0) is 6.42 Å². The molecule has 3 heteroatoms. The Balaban J connectivity index is 2.14. The molecule has 0 atom stereocenters. The summed E-state index contributed by atoms with van der Waals surface area (Å²) in [6.45, 7) is 4.01. The number of carbonyl (C=O) groups is 1. The first-order valence-corrected chi connectivity index (χ1v) is 6.95. The molecule has 0 spiro atoms. The second kappa shape index (κ2) is 6.85. The van der Waals surface area contributed by atoms with Gasteiger partial charge in [0.15, 0.2) is 0 Å². The fourth-order valence-electron chi connectivity index (χ4n) is 2.03. The molecule has 3 nitrogen and oxygen atoms in total. The quantitative estimate of drug-likeness (QED) is 0.839. The summed E-state index contributed by atoms with van der Waals surface area (Å²) in [5, 5.41) is 0. The molecule has 0 unspecified atom stereocenters. The van der Waals surface area contributed by atoms with Crippen molar-refractivity contribution in [3.8, 4) is 0 Å². The second-order valence-electron chi connectivity index (χ2n) is 5.03. The lowest BCUT2D eigenvalue weighted by atomic mass is 10.1. The molecule has 0 bridgehead atoms. The van der Waals surface area contributed by atoms with E-state index in [-0.39, 0.29) is 11.9 Å². The molecular formula is C17H20N2O. The zero-order valence-corrected chi connectivity index (χ0v) is 12.0. The van der Waals surface area contributed by atoms with E-state index in [0.29, 0.717) is 6.42 Å². The molecule has 0 radical (unpaired) electrons. The third kappa shape index (κ3) is 3.92. The van der Waals surface area contributed by atoms with Gasteiger partial charge in [0.2, 0.25) is 5.91 Å². The lowest BCUT2D eigenvalue weighted by Crippen LogP contribution is -2.27. The first kappa shape index (κ1) is 14.3. The van der Waals surface area contributed by atoms with Crippen LogP contribution in [0.3, 0.4) is 0 Å². The largest absolute Gasteiger partial charge is 0.274 e. The van der Waals surface area contributed by atoms with Crippen LogP contribution in [0, 0.1) is 0 Å². The SMILES string of the molecule is CC(C)N=c1ccccn1C(=O)CCc1ccccc1. The number of aromatic nitrogens is 1. The van der Waals surface area contributed by atoms with E-state index in [9.17, 15) is 4.79 Å². The van der Waals surface area contributed by atoms with Crippen LogP contribution in [0.25, 0.3) is 0 Å². The highest BCUT2D eigenvalue weighted by atomic mass is 16.2. The Morgan fingerprint density at radius 2 is 1.80 bits per heavy atom. The third-order valence-corrected chi connectivity index (χ3v) is 2.97. The van der Waals surface area contributed by atoms with Gasteiger partial charge in [-0.2, -0.15) is 0 Å². The van der Waals surface area contributed by atoms with E-state index in [1.54, 1.807) is 10.8 Å². The maximum Gasteiger partial charge on any atom is 0.232 e. The van der Waals surface area contributed by atoms with Crippen LogP contribution < -0.4 is 5.49 Å². The second-order valence-corrected chi connectivity index (χ2v) is 5.03. The predicted molar refractivity (Wildman–Crippen MR) is 80.5 cm³/mol. The number of rotatable bonds is 4. The van der Waals surface area contributed by atoms with Crippen molar-refractivity contribution in [2.24, 2.45) is 4.99 Å². The van der Waals surface area contributed by atoms with Gasteiger partial charge in [0.05, 0.1) is 0 Å². The molecule has 0 aliphatic rings. The lowest BCUT2D eigenvalue weighted by molar-refractivity contribution is 0.0897. The smallest absolute Gasteiger partial charge is 0.232 e. The number of aryl methyl sites for hydroxylation is 1. The molecule has 0 saturated carbocycles. The van der Waals surface area contributed by atoms with Crippen LogP contribution >= 0.6 is 0 Å². The number of pyridine rings is 1. The van der Waals surface area contributed by atoms with Gasteiger partial charge in [0.25, 0.3) is 0 Å². The van der Waals surface area contributed by atoms with Gasteiger partial charge in [-0.05, 0) is 38.0 Å². The van der Waals surface area contributed by atoms with Gasteiger partial charge >= 0.3 is 0 Å². The first-order chi connectivity index (χ1) is 9.66. The van der Waals surface area contributed by atoms with Crippen LogP contribution in [0.15, 0.2) is 59.7 Å². The predicted octanol–water partition coefficient (Wildman–Crippen LogP) is 3.07. The van der Waals surface area contributed by atoms with E-state index in [1.807, 2.05) is 62.4 Å². The Morgan fingerprint density at radius 3 is 2.50 bits per heavy atom. The summed E-state index contributed by atoms with van der Waals surface area (Å²) in [4.78, 5) is 16.8. The number of nitrogens with zero attached hydrogens (tertiary/aromatic N) is 2. The molecule has 0 aliphatic carbocycles. The summed E-state index contributed by atoms with van der Waals surface area (Å²) in [5.41, 5.74) is 1.90. The topological polar surface area (TPSA) is 34.4 Å². The van der Waals surface area contributed by atoms with E-state index in [4.69, 9.17) is 0 Å². The van der Waals surface area contributed by atoms with Gasteiger partial charge in [-0.1, -0.05) is 36.4 Å². The Hall–Kier alpha value is -2.16. The van der Waals surface area contributed by atoms with Gasteiger partial charge in [-0.3, -0.25) is 14.4 Å². The Labute approximate surface area is 119 Å². The summed E-state index contributed by atoms with van der Waals surface area (Å²) < 4.78 is 1.64. The summed E-state index contributed by atoms with van der Waals surface area (Å²) >= 11 is 0. The van der Waals surface area contributed by atoms with Crippen molar-refractivity contribution < 1.29 is 4.79 Å². The van der Waals surface area contributed by atoms with Crippen molar-refractivity contribution in [1.29, 1.82) is 0 Å². The number of carbonyl (C=O) groups excluding carboxylic acids is 1. The zero-order valence-electron chi connectivity index (χ0n) is 12.0. The average Bonchev–Trinajstić information content (AvgIpc) is 2.46. The molecule has 2 rings (SSSR count). The fourth-order valence-corrected chi connectivity index (χ4v) is 2.03. The highest BCUT2D eigenvalue weighted by Gasteiger charge is 2.05. The molecule has 0 aliphatic heterocycles. The summed E-state index contributed by atoms with van der Waals surface area (Å²) in [6, 6.07) is 15.9. The third-order valence-electron chi connectivity index (χ3n) is 2.97. The van der Waals surface area contributed by atoms with Gasteiger partial charge in [-0.25, -0.2) is 0 Å². The zero-order chi connectivity index (χ0) is 14.4. The first-order valence-electron chi connectivity index (χ1n) is 6.95. The minimum atomic E-state index is 0.0776. The van der Waals surface area contributed by atoms with Crippen LogP contribution in [0.1, 0.15) is 30.6 Å². The molecule has 0 N–H and O–H groups in total. The van der Waals surface area contributed by atoms with Crippen molar-refractivity contribution in [3.05, 3.63) is 65.8 Å². The van der Waals surface area contributed by atoms with Crippen LogP contribution in [0.5, 0.6) is 0 Å². The molecule has 0 fully saturated rings. The van der Waals surface area contributed by atoms with Crippen molar-refractivity contribution in [2.75, 3.05) is 0 Å². The van der Waals surface area contributed by atoms with Crippen molar-refractivity contribution in [1.82, 2.24) is 4.57 Å². The monoisotopic (exact) mass is 268 g/mol. The highest BCUT2D eigenvalue weighted by molar-refractivity contribution is 5.78. The van der Waals surface area contributed by atoms with E-state index in [1.165, 1.54) is 5.56 Å². The minimum Gasteiger partial charge on any atom is -0.274 e. The van der Waals surface area contributed by atoms with E-state index in [0.717, 1.165) is 11.9 Å². The molecule has 104 valence electrons. The molecule has 2 aromatic rings. The van der Waals surface area contributed by atoms with Crippen molar-refractivity contribution in [2.45, 2.75) is 32.7 Å². The van der Waals surface area contributed by atoms with Gasteiger partial charge in [0, 0.05) is 18.7 Å². The van der Waals surface area contributed by atoms with E-state index in [2.05, 4.69) is 4.99 Å². The summed E-state index contributed by atoms with van der Waals surface area (Å²) in [7, 11) is 0. The number of hydrogen-bond donors (Lipinski definition) is 0. The van der Waals surface area contributed by atoms with E-state index < -0.39 is 0 Å². The summed E-state index contributed by atoms with van der Waals surface area (Å²) in [6.07, 6.45) is 3.02. The normalized spacial score (nSPS) is 11.8. The van der Waals surface area contributed by atoms with Gasteiger partial charge in [-0.15, -0.1) is 0 Å². The van der Waals surface area contributed by atoms with Crippen LogP contribution in [-0.4, -0.2) is 16.5 Å². The molecule has 1 aromatic heterocycles. The maximum atomic E-state index is 12.3. The molecular weight excluding hydrogens is 248 g/mol. The number of benzene rings is 1. The standard InChI is InChI=1S/C17H20N2O/c1-14(2)18-16-10-6-7-13-19(16)17(20)12-11-15-8-4-3-5-9-15/h3-10,13-14H,11-12H2,1-2H3. The average molecular weight is 268 g/mol. The van der Waals surface area contributed by atoms with Crippen molar-refractivity contribution >= 4 is 5.91 Å². The molecule has 20 heavy (non-hydrogen) atoms.